The van der Waals surface area contributed by atoms with Crippen molar-refractivity contribution in [3.8, 4) is 11.5 Å². The Kier molecular flexibility index (Phi) is 3.49. The molecule has 0 N–H and O–H groups in total. The normalized spacial score (nSPS) is 18.7. The summed E-state index contributed by atoms with van der Waals surface area (Å²) in [6.45, 7) is 3.86. The maximum Gasteiger partial charge on any atom is 0.240 e. The summed E-state index contributed by atoms with van der Waals surface area (Å²) in [5.41, 5.74) is 4.14. The number of hydrazone groups is 1. The smallest absolute Gasteiger partial charge is 0.240 e. The van der Waals surface area contributed by atoms with Crippen LogP contribution in [0.1, 0.15) is 36.1 Å². The number of ether oxygens (including phenoxy) is 2. The molecule has 2 aromatic rings. The summed E-state index contributed by atoms with van der Waals surface area (Å²) < 4.78 is 10.8. The summed E-state index contributed by atoms with van der Waals surface area (Å²) in [6.07, 6.45) is 0.685. The van der Waals surface area contributed by atoms with Crippen molar-refractivity contribution in [2.24, 2.45) is 5.10 Å². The van der Waals surface area contributed by atoms with Gasteiger partial charge in [-0.3, -0.25) is 4.79 Å². The Bertz CT molecular complexity index is 844. The average molecular weight is 322 g/mol. The molecule has 0 radical (unpaired) electrons. The molecule has 0 aliphatic carbocycles. The molecule has 2 aromatic carbocycles. The van der Waals surface area contributed by atoms with Gasteiger partial charge < -0.3 is 9.47 Å². The van der Waals surface area contributed by atoms with Gasteiger partial charge in [-0.15, -0.1) is 0 Å². The van der Waals surface area contributed by atoms with Crippen LogP contribution in [0.4, 0.5) is 0 Å². The van der Waals surface area contributed by atoms with E-state index in [-0.39, 0.29) is 18.7 Å². The number of aryl methyl sites for hydroxylation is 1. The van der Waals surface area contributed by atoms with Crippen molar-refractivity contribution in [3.63, 3.8) is 0 Å². The second kappa shape index (κ2) is 5.67. The second-order valence-electron chi connectivity index (χ2n) is 6.05. The summed E-state index contributed by atoms with van der Waals surface area (Å²) in [5, 5.41) is 6.17. The van der Waals surface area contributed by atoms with E-state index in [2.05, 4.69) is 24.2 Å². The predicted octanol–water partition coefficient (Wildman–Crippen LogP) is 3.42. The Morgan fingerprint density at radius 3 is 2.75 bits per heavy atom. The van der Waals surface area contributed by atoms with Crippen LogP contribution in [0.25, 0.3) is 0 Å². The molecule has 0 saturated carbocycles. The van der Waals surface area contributed by atoms with Crippen LogP contribution in [-0.4, -0.2) is 23.4 Å². The molecule has 0 bridgehead atoms. The zero-order valence-electron chi connectivity index (χ0n) is 13.7. The number of carbonyl (C=O) groups excluding carboxylic acids is 1. The Morgan fingerprint density at radius 1 is 1.17 bits per heavy atom. The van der Waals surface area contributed by atoms with Gasteiger partial charge in [0.25, 0.3) is 0 Å². The number of carbonyl (C=O) groups is 1. The first-order chi connectivity index (χ1) is 11.6. The summed E-state index contributed by atoms with van der Waals surface area (Å²) in [5.74, 6) is 1.42. The number of hydrogen-bond acceptors (Lipinski definition) is 4. The van der Waals surface area contributed by atoms with Gasteiger partial charge in [-0.1, -0.05) is 24.3 Å². The van der Waals surface area contributed by atoms with E-state index in [0.29, 0.717) is 6.42 Å². The number of amides is 1. The molecule has 1 atom stereocenters. The number of hydrogen-bond donors (Lipinski definition) is 0. The largest absolute Gasteiger partial charge is 0.454 e. The molecule has 0 spiro atoms. The third-order valence-electron chi connectivity index (χ3n) is 4.49. The van der Waals surface area contributed by atoms with Gasteiger partial charge >= 0.3 is 0 Å². The van der Waals surface area contributed by atoms with Gasteiger partial charge in [0.15, 0.2) is 11.5 Å². The second-order valence-corrected chi connectivity index (χ2v) is 6.05. The van der Waals surface area contributed by atoms with Gasteiger partial charge in [0.1, 0.15) is 0 Å². The number of nitrogens with zero attached hydrogens (tertiary/aromatic N) is 2. The van der Waals surface area contributed by atoms with Gasteiger partial charge in [-0.05, 0) is 36.2 Å². The molecule has 5 heteroatoms. The van der Waals surface area contributed by atoms with Crippen molar-refractivity contribution in [3.05, 3.63) is 59.2 Å². The third-order valence-corrected chi connectivity index (χ3v) is 4.49. The van der Waals surface area contributed by atoms with Gasteiger partial charge in [-0.25, -0.2) is 5.01 Å². The van der Waals surface area contributed by atoms with Gasteiger partial charge in [0, 0.05) is 18.9 Å². The van der Waals surface area contributed by atoms with Crippen LogP contribution in [0, 0.1) is 6.92 Å². The van der Waals surface area contributed by atoms with Crippen LogP contribution >= 0.6 is 0 Å². The standard InChI is InChI=1S/C19H18N2O3/c1-12-5-3-4-6-15(12)17-10-16(20-21(17)13(2)22)14-7-8-18-19(9-14)24-11-23-18/h3-9,17H,10-11H2,1-2H3/t17-/m0/s1. The summed E-state index contributed by atoms with van der Waals surface area (Å²) in [6, 6.07) is 13.8. The summed E-state index contributed by atoms with van der Waals surface area (Å²) in [7, 11) is 0. The summed E-state index contributed by atoms with van der Waals surface area (Å²) >= 11 is 0. The Hall–Kier alpha value is -2.82. The van der Waals surface area contributed by atoms with E-state index in [1.165, 1.54) is 0 Å². The molecule has 0 aromatic heterocycles. The molecule has 1 amide bonds. The van der Waals surface area contributed by atoms with E-state index < -0.39 is 0 Å². The average Bonchev–Trinajstić information content (AvgIpc) is 3.21. The molecular weight excluding hydrogens is 304 g/mol. The number of fused-ring (bicyclic) bond motifs is 1. The van der Waals surface area contributed by atoms with E-state index in [1.54, 1.807) is 11.9 Å². The van der Waals surface area contributed by atoms with Crippen molar-refractivity contribution >= 4 is 11.6 Å². The highest BCUT2D eigenvalue weighted by molar-refractivity contribution is 6.03. The Morgan fingerprint density at radius 2 is 1.96 bits per heavy atom. The van der Waals surface area contributed by atoms with E-state index in [4.69, 9.17) is 9.47 Å². The highest BCUT2D eigenvalue weighted by Crippen LogP contribution is 2.37. The van der Waals surface area contributed by atoms with E-state index in [1.807, 2.05) is 30.3 Å². The topological polar surface area (TPSA) is 51.1 Å². The minimum atomic E-state index is -0.0656. The van der Waals surface area contributed by atoms with E-state index in [0.717, 1.165) is 33.9 Å². The molecule has 5 nitrogen and oxygen atoms in total. The predicted molar refractivity (Wildman–Crippen MR) is 90.2 cm³/mol. The van der Waals surface area contributed by atoms with Gasteiger partial charge in [0.05, 0.1) is 11.8 Å². The SMILES string of the molecule is CC(=O)N1N=C(c2ccc3c(c2)OCO3)C[C@H]1c1ccccc1C. The lowest BCUT2D eigenvalue weighted by Crippen LogP contribution is -2.24. The van der Waals surface area contributed by atoms with Gasteiger partial charge in [0.2, 0.25) is 12.7 Å². The minimum Gasteiger partial charge on any atom is -0.454 e. The van der Waals surface area contributed by atoms with Crippen LogP contribution in [0.3, 0.4) is 0 Å². The monoisotopic (exact) mass is 322 g/mol. The molecule has 2 heterocycles. The van der Waals surface area contributed by atoms with Gasteiger partial charge in [-0.2, -0.15) is 5.10 Å². The molecule has 122 valence electrons. The minimum absolute atomic E-state index is 0.0565. The lowest BCUT2D eigenvalue weighted by molar-refractivity contribution is -0.130. The molecule has 0 fully saturated rings. The zero-order chi connectivity index (χ0) is 16.7. The molecule has 0 unspecified atom stereocenters. The maximum atomic E-state index is 12.1. The van der Waals surface area contributed by atoms with Crippen LogP contribution in [0.2, 0.25) is 0 Å². The fourth-order valence-corrected chi connectivity index (χ4v) is 3.25. The zero-order valence-corrected chi connectivity index (χ0v) is 13.7. The highest BCUT2D eigenvalue weighted by Gasteiger charge is 2.32. The fraction of sp³-hybridized carbons (Fsp3) is 0.263. The lowest BCUT2D eigenvalue weighted by atomic mass is 9.95. The van der Waals surface area contributed by atoms with Crippen LogP contribution in [0.5, 0.6) is 11.5 Å². The van der Waals surface area contributed by atoms with Crippen LogP contribution in [-0.2, 0) is 4.79 Å². The first-order valence-electron chi connectivity index (χ1n) is 7.96. The van der Waals surface area contributed by atoms with Crippen molar-refractivity contribution in [2.45, 2.75) is 26.3 Å². The maximum absolute atomic E-state index is 12.1. The van der Waals surface area contributed by atoms with Crippen molar-refractivity contribution in [1.29, 1.82) is 0 Å². The first kappa shape index (κ1) is 14.8. The van der Waals surface area contributed by atoms with E-state index >= 15 is 0 Å². The fourth-order valence-electron chi connectivity index (χ4n) is 3.25. The van der Waals surface area contributed by atoms with Crippen molar-refractivity contribution in [1.82, 2.24) is 5.01 Å². The molecule has 24 heavy (non-hydrogen) atoms. The van der Waals surface area contributed by atoms with Crippen LogP contribution in [0.15, 0.2) is 47.6 Å². The van der Waals surface area contributed by atoms with E-state index in [9.17, 15) is 4.79 Å². The lowest BCUT2D eigenvalue weighted by Gasteiger charge is -2.22. The first-order valence-corrected chi connectivity index (χ1v) is 7.96. The quantitative estimate of drug-likeness (QED) is 0.851. The Balaban J connectivity index is 1.70. The number of benzene rings is 2. The highest BCUT2D eigenvalue weighted by atomic mass is 16.7. The van der Waals surface area contributed by atoms with Crippen molar-refractivity contribution < 1.29 is 14.3 Å². The molecule has 2 aliphatic rings. The third kappa shape index (κ3) is 2.42. The van der Waals surface area contributed by atoms with Crippen LogP contribution < -0.4 is 9.47 Å². The molecule has 4 rings (SSSR count). The molecule has 2 aliphatic heterocycles. The number of rotatable bonds is 2. The Labute approximate surface area is 140 Å². The van der Waals surface area contributed by atoms with Crippen molar-refractivity contribution in [2.75, 3.05) is 6.79 Å². The summed E-state index contributed by atoms with van der Waals surface area (Å²) in [4.78, 5) is 12.1. The molecular formula is C19H18N2O3. The molecule has 0 saturated heterocycles.